The van der Waals surface area contributed by atoms with Crippen molar-refractivity contribution in [3.63, 3.8) is 0 Å². The zero-order chi connectivity index (χ0) is 27.7. The minimum absolute atomic E-state index is 0.0613. The number of amides is 1. The average Bonchev–Trinajstić information content (AvgIpc) is 3.20. The summed E-state index contributed by atoms with van der Waals surface area (Å²) in [6.07, 6.45) is -0.317. The standard InChI is InChI=1S/C30H39F3N2O3/c1-6-7-9-20-10-8-11-23(14-20)35-19-25-24(27(35)36)15-21(16-26(25)30(31,32)33)18-34-13-12-22(17-29(34,2)3)28(37-4)38-5/h8,10-11,14-16,22,28H,6-7,9,12-13,17-19H2,1-5H3. The number of hydrogen-bond acceptors (Lipinski definition) is 4. The molecule has 2 heterocycles. The van der Waals surface area contributed by atoms with Crippen LogP contribution in [0.2, 0.25) is 0 Å². The van der Waals surface area contributed by atoms with Crippen LogP contribution in [-0.4, -0.2) is 43.4 Å². The van der Waals surface area contributed by atoms with Crippen LogP contribution in [-0.2, 0) is 35.2 Å². The highest BCUT2D eigenvalue weighted by Crippen LogP contribution is 2.41. The number of fused-ring (bicyclic) bond motifs is 1. The Morgan fingerprint density at radius 3 is 2.47 bits per heavy atom. The van der Waals surface area contributed by atoms with Gasteiger partial charge in [0.1, 0.15) is 0 Å². The molecule has 2 aromatic rings. The van der Waals surface area contributed by atoms with Crippen molar-refractivity contribution in [3.05, 3.63) is 64.2 Å². The van der Waals surface area contributed by atoms with Gasteiger partial charge in [-0.05, 0) is 87.0 Å². The third-order valence-electron chi connectivity index (χ3n) is 8.06. The van der Waals surface area contributed by atoms with Crippen LogP contribution in [0, 0.1) is 5.92 Å². The summed E-state index contributed by atoms with van der Waals surface area (Å²) in [5.74, 6) is -0.175. The van der Waals surface area contributed by atoms with Crippen LogP contribution in [0.4, 0.5) is 18.9 Å². The Bertz CT molecular complexity index is 1140. The highest BCUT2D eigenvalue weighted by atomic mass is 19.4. The van der Waals surface area contributed by atoms with Crippen molar-refractivity contribution in [2.75, 3.05) is 25.7 Å². The van der Waals surface area contributed by atoms with E-state index < -0.39 is 11.7 Å². The topological polar surface area (TPSA) is 42.0 Å². The third-order valence-corrected chi connectivity index (χ3v) is 8.06. The Hall–Kier alpha value is -2.42. The molecular formula is C30H39F3N2O3. The lowest BCUT2D eigenvalue weighted by atomic mass is 9.81. The molecule has 4 rings (SSSR count). The van der Waals surface area contributed by atoms with Gasteiger partial charge in [-0.1, -0.05) is 25.5 Å². The van der Waals surface area contributed by atoms with Crippen LogP contribution in [0.5, 0.6) is 0 Å². The van der Waals surface area contributed by atoms with Gasteiger partial charge < -0.3 is 14.4 Å². The number of alkyl halides is 3. The third kappa shape index (κ3) is 5.92. The van der Waals surface area contributed by atoms with Gasteiger partial charge in [0.25, 0.3) is 5.91 Å². The monoisotopic (exact) mass is 532 g/mol. The van der Waals surface area contributed by atoms with Crippen molar-refractivity contribution in [1.82, 2.24) is 4.90 Å². The van der Waals surface area contributed by atoms with E-state index in [2.05, 4.69) is 25.7 Å². The molecule has 0 radical (unpaired) electrons. The summed E-state index contributed by atoms with van der Waals surface area (Å²) in [6, 6.07) is 10.5. The number of ether oxygens (including phenoxy) is 2. The van der Waals surface area contributed by atoms with Crippen LogP contribution in [0.1, 0.15) is 79.1 Å². The number of hydrogen-bond donors (Lipinski definition) is 0. The Kier molecular flexibility index (Phi) is 8.55. The van der Waals surface area contributed by atoms with Gasteiger partial charge in [0.2, 0.25) is 0 Å². The van der Waals surface area contributed by atoms with Gasteiger partial charge in [-0.25, -0.2) is 0 Å². The summed E-state index contributed by atoms with van der Waals surface area (Å²) in [4.78, 5) is 17.1. The molecule has 0 spiro atoms. The largest absolute Gasteiger partial charge is 0.416 e. The van der Waals surface area contributed by atoms with Crippen molar-refractivity contribution >= 4 is 11.6 Å². The van der Waals surface area contributed by atoms with Crippen molar-refractivity contribution in [2.24, 2.45) is 5.92 Å². The second-order valence-corrected chi connectivity index (χ2v) is 11.2. The molecule has 0 aliphatic carbocycles. The molecule has 1 amide bonds. The zero-order valence-corrected chi connectivity index (χ0v) is 23.0. The maximum atomic E-state index is 14.3. The Morgan fingerprint density at radius 2 is 1.84 bits per heavy atom. The predicted octanol–water partition coefficient (Wildman–Crippen LogP) is 6.82. The van der Waals surface area contributed by atoms with E-state index in [-0.39, 0.29) is 41.3 Å². The van der Waals surface area contributed by atoms with E-state index in [1.165, 1.54) is 11.0 Å². The van der Waals surface area contributed by atoms with Crippen LogP contribution < -0.4 is 4.90 Å². The second kappa shape index (κ2) is 11.4. The molecule has 2 aliphatic heterocycles. The lowest BCUT2D eigenvalue weighted by Gasteiger charge is -2.47. The van der Waals surface area contributed by atoms with Gasteiger partial charge in [-0.2, -0.15) is 13.2 Å². The molecule has 1 saturated heterocycles. The molecular weight excluding hydrogens is 493 g/mol. The highest BCUT2D eigenvalue weighted by Gasteiger charge is 2.42. The molecule has 0 saturated carbocycles. The van der Waals surface area contributed by atoms with E-state index in [0.717, 1.165) is 37.7 Å². The normalized spacial score (nSPS) is 19.9. The lowest BCUT2D eigenvalue weighted by molar-refractivity contribution is -0.158. The van der Waals surface area contributed by atoms with Crippen molar-refractivity contribution in [2.45, 2.75) is 84.0 Å². The first kappa shape index (κ1) is 28.6. The van der Waals surface area contributed by atoms with Crippen molar-refractivity contribution in [1.29, 1.82) is 0 Å². The highest BCUT2D eigenvalue weighted by molar-refractivity contribution is 6.10. The van der Waals surface area contributed by atoms with E-state index in [9.17, 15) is 18.0 Å². The average molecular weight is 533 g/mol. The van der Waals surface area contributed by atoms with Crippen molar-refractivity contribution in [3.8, 4) is 0 Å². The fraction of sp³-hybridized carbons (Fsp3) is 0.567. The van der Waals surface area contributed by atoms with Crippen LogP contribution in [0.25, 0.3) is 0 Å². The van der Waals surface area contributed by atoms with E-state index in [1.807, 2.05) is 18.2 Å². The summed E-state index contributed by atoms with van der Waals surface area (Å²) in [5, 5.41) is 0. The fourth-order valence-electron chi connectivity index (χ4n) is 6.01. The molecule has 2 aromatic carbocycles. The number of benzene rings is 2. The van der Waals surface area contributed by atoms with E-state index in [0.29, 0.717) is 24.3 Å². The molecule has 0 bridgehead atoms. The van der Waals surface area contributed by atoms with Gasteiger partial charge in [0, 0.05) is 43.5 Å². The Morgan fingerprint density at radius 1 is 1.11 bits per heavy atom. The number of rotatable bonds is 9. The molecule has 1 atom stereocenters. The Labute approximate surface area is 223 Å². The van der Waals surface area contributed by atoms with Crippen LogP contribution in [0.3, 0.4) is 0 Å². The first-order chi connectivity index (χ1) is 18.0. The first-order valence-electron chi connectivity index (χ1n) is 13.4. The van der Waals surface area contributed by atoms with Gasteiger partial charge >= 0.3 is 6.18 Å². The minimum Gasteiger partial charge on any atom is -0.356 e. The molecule has 0 aromatic heterocycles. The molecule has 2 aliphatic rings. The number of carbonyl (C=O) groups excluding carboxylic acids is 1. The van der Waals surface area contributed by atoms with Gasteiger partial charge in [0.05, 0.1) is 12.1 Å². The SMILES string of the molecule is CCCCc1cccc(N2Cc3c(cc(CN4CCC(C(OC)OC)CC4(C)C)cc3C(F)(F)F)C2=O)c1. The number of unbranched alkanes of at least 4 members (excludes halogenated alkanes) is 1. The maximum Gasteiger partial charge on any atom is 0.416 e. The summed E-state index contributed by atoms with van der Waals surface area (Å²) in [6.45, 7) is 7.26. The molecule has 0 N–H and O–H groups in total. The van der Waals surface area contributed by atoms with E-state index >= 15 is 0 Å². The maximum absolute atomic E-state index is 14.3. The molecule has 8 heteroatoms. The van der Waals surface area contributed by atoms with Gasteiger partial charge in [-0.3, -0.25) is 9.69 Å². The number of aryl methyl sites for hydroxylation is 1. The fourth-order valence-corrected chi connectivity index (χ4v) is 6.01. The molecule has 1 fully saturated rings. The van der Waals surface area contributed by atoms with Crippen LogP contribution in [0.15, 0.2) is 36.4 Å². The number of methoxy groups -OCH3 is 2. The number of nitrogens with zero attached hydrogens (tertiary/aromatic N) is 2. The lowest BCUT2D eigenvalue weighted by Crippen LogP contribution is -2.51. The van der Waals surface area contributed by atoms with Gasteiger partial charge in [0.15, 0.2) is 6.29 Å². The summed E-state index contributed by atoms with van der Waals surface area (Å²) < 4.78 is 53.7. The van der Waals surface area contributed by atoms with Gasteiger partial charge in [-0.15, -0.1) is 0 Å². The zero-order valence-electron chi connectivity index (χ0n) is 23.0. The smallest absolute Gasteiger partial charge is 0.356 e. The van der Waals surface area contributed by atoms with E-state index in [4.69, 9.17) is 9.47 Å². The number of piperidine rings is 1. The number of anilines is 1. The van der Waals surface area contributed by atoms with E-state index in [1.54, 1.807) is 26.4 Å². The minimum atomic E-state index is -4.55. The number of likely N-dealkylation sites (tertiary alicyclic amines) is 1. The number of carbonyl (C=O) groups is 1. The predicted molar refractivity (Wildman–Crippen MR) is 142 cm³/mol. The summed E-state index contributed by atoms with van der Waals surface area (Å²) >= 11 is 0. The van der Waals surface area contributed by atoms with Crippen molar-refractivity contribution < 1.29 is 27.4 Å². The molecule has 38 heavy (non-hydrogen) atoms. The quantitative estimate of drug-likeness (QED) is 0.333. The summed E-state index contributed by atoms with van der Waals surface area (Å²) in [7, 11) is 3.25. The molecule has 1 unspecified atom stereocenters. The Balaban J connectivity index is 1.61. The molecule has 208 valence electrons. The number of halogens is 3. The first-order valence-corrected chi connectivity index (χ1v) is 13.4. The van der Waals surface area contributed by atoms with Crippen LogP contribution >= 0.6 is 0 Å². The second-order valence-electron chi connectivity index (χ2n) is 11.2. The summed E-state index contributed by atoms with van der Waals surface area (Å²) in [5.41, 5.74) is 1.46. The molecule has 5 nitrogen and oxygen atoms in total.